The van der Waals surface area contributed by atoms with Gasteiger partial charge in [-0.1, -0.05) is 37.5 Å². The Bertz CT molecular complexity index is 887. The molecule has 0 aliphatic heterocycles. The molecule has 1 aliphatic rings. The topological polar surface area (TPSA) is 52.0 Å². The van der Waals surface area contributed by atoms with Crippen molar-refractivity contribution in [2.24, 2.45) is 0 Å². The molecule has 0 amide bonds. The fourth-order valence-corrected chi connectivity index (χ4v) is 4.03. The van der Waals surface area contributed by atoms with Crippen molar-refractivity contribution in [3.8, 4) is 5.75 Å². The van der Waals surface area contributed by atoms with Crippen molar-refractivity contribution in [1.82, 2.24) is 20.1 Å². The lowest BCUT2D eigenvalue weighted by Crippen LogP contribution is -2.23. The van der Waals surface area contributed by atoms with E-state index < -0.39 is 0 Å². The van der Waals surface area contributed by atoms with E-state index >= 15 is 0 Å². The van der Waals surface area contributed by atoms with Crippen LogP contribution in [0.4, 0.5) is 0 Å². The number of aromatic nitrogens is 3. The molecule has 0 saturated heterocycles. The van der Waals surface area contributed by atoms with Crippen LogP contribution in [0.25, 0.3) is 0 Å². The Morgan fingerprint density at radius 2 is 1.97 bits per heavy atom. The molecule has 4 rings (SSSR count). The summed E-state index contributed by atoms with van der Waals surface area (Å²) in [6.45, 7) is 3.49. The van der Waals surface area contributed by atoms with Gasteiger partial charge in [0.05, 0.1) is 17.4 Å². The molecule has 1 N–H and O–H groups in total. The molecular weight excluding hydrogens is 360 g/mol. The normalized spacial score (nSPS) is 15.9. The Kier molecular flexibility index (Phi) is 6.57. The quantitative estimate of drug-likeness (QED) is 0.573. The number of rotatable bonds is 8. The van der Waals surface area contributed by atoms with Gasteiger partial charge in [0.15, 0.2) is 0 Å². The van der Waals surface area contributed by atoms with Crippen LogP contribution in [0.1, 0.15) is 68.1 Å². The van der Waals surface area contributed by atoms with Gasteiger partial charge >= 0.3 is 0 Å². The molecule has 1 saturated carbocycles. The number of nitrogens with zero attached hydrogens (tertiary/aromatic N) is 3. The van der Waals surface area contributed by atoms with Gasteiger partial charge in [0.2, 0.25) is 0 Å². The van der Waals surface area contributed by atoms with Crippen LogP contribution < -0.4 is 10.1 Å². The number of pyridine rings is 1. The SMILES string of the molecule is CC(NCc1ccnn1C1CCCCC1)c1cccc(OCc2ccccn2)c1. The van der Waals surface area contributed by atoms with Crippen LogP contribution in [0.2, 0.25) is 0 Å². The third-order valence-corrected chi connectivity index (χ3v) is 5.73. The maximum Gasteiger partial charge on any atom is 0.130 e. The third kappa shape index (κ3) is 5.24. The average Bonchev–Trinajstić information content (AvgIpc) is 3.26. The molecule has 29 heavy (non-hydrogen) atoms. The molecule has 2 heterocycles. The van der Waals surface area contributed by atoms with E-state index in [0.29, 0.717) is 12.6 Å². The summed E-state index contributed by atoms with van der Waals surface area (Å²) >= 11 is 0. The monoisotopic (exact) mass is 390 g/mol. The molecule has 2 aromatic heterocycles. The Labute approximate surface area is 173 Å². The second kappa shape index (κ2) is 9.70. The van der Waals surface area contributed by atoms with E-state index in [-0.39, 0.29) is 6.04 Å². The van der Waals surface area contributed by atoms with Crippen LogP contribution in [0.3, 0.4) is 0 Å². The number of nitrogens with one attached hydrogen (secondary N) is 1. The fraction of sp³-hybridized carbons (Fsp3) is 0.417. The number of benzene rings is 1. The molecule has 1 aliphatic carbocycles. The highest BCUT2D eigenvalue weighted by Gasteiger charge is 2.18. The minimum absolute atomic E-state index is 0.225. The van der Waals surface area contributed by atoms with Crippen LogP contribution in [-0.4, -0.2) is 14.8 Å². The van der Waals surface area contributed by atoms with Crippen molar-refractivity contribution in [3.05, 3.63) is 77.9 Å². The summed E-state index contributed by atoms with van der Waals surface area (Å²) in [6, 6.07) is 17.1. The summed E-state index contributed by atoms with van der Waals surface area (Å²) in [5, 5.41) is 8.26. The Morgan fingerprint density at radius 1 is 1.07 bits per heavy atom. The molecule has 0 radical (unpaired) electrons. The summed E-state index contributed by atoms with van der Waals surface area (Å²) in [5.41, 5.74) is 3.42. The second-order valence-electron chi connectivity index (χ2n) is 7.84. The minimum atomic E-state index is 0.225. The summed E-state index contributed by atoms with van der Waals surface area (Å²) in [6.07, 6.45) is 10.2. The molecule has 3 aromatic rings. The first-order chi connectivity index (χ1) is 14.3. The lowest BCUT2D eigenvalue weighted by molar-refractivity contribution is 0.300. The van der Waals surface area contributed by atoms with Crippen molar-refractivity contribution >= 4 is 0 Å². The molecule has 5 heteroatoms. The smallest absolute Gasteiger partial charge is 0.130 e. The van der Waals surface area contributed by atoms with Crippen LogP contribution in [-0.2, 0) is 13.2 Å². The first-order valence-electron chi connectivity index (χ1n) is 10.7. The van der Waals surface area contributed by atoms with Gasteiger partial charge in [0.1, 0.15) is 12.4 Å². The van der Waals surface area contributed by atoms with Gasteiger partial charge in [-0.05, 0) is 55.7 Å². The van der Waals surface area contributed by atoms with Gasteiger partial charge in [0, 0.05) is 25.0 Å². The van der Waals surface area contributed by atoms with Crippen molar-refractivity contribution in [1.29, 1.82) is 0 Å². The average molecular weight is 391 g/mol. The van der Waals surface area contributed by atoms with Crippen LogP contribution >= 0.6 is 0 Å². The molecule has 1 fully saturated rings. The largest absolute Gasteiger partial charge is 0.487 e. The predicted molar refractivity (Wildman–Crippen MR) is 115 cm³/mol. The van der Waals surface area contributed by atoms with Crippen molar-refractivity contribution in [2.45, 2.75) is 64.3 Å². The van der Waals surface area contributed by atoms with Crippen molar-refractivity contribution in [2.75, 3.05) is 0 Å². The van der Waals surface area contributed by atoms with E-state index in [2.05, 4.69) is 45.2 Å². The standard InChI is InChI=1S/C24H30N4O/c1-19(26-17-23-13-15-27-28(23)22-10-3-2-4-11-22)20-8-7-12-24(16-20)29-18-21-9-5-6-14-25-21/h5-9,12-16,19,22,26H,2-4,10-11,17-18H2,1H3. The number of hydrogen-bond acceptors (Lipinski definition) is 4. The van der Waals surface area contributed by atoms with E-state index in [0.717, 1.165) is 18.0 Å². The first-order valence-corrected chi connectivity index (χ1v) is 10.7. The summed E-state index contributed by atoms with van der Waals surface area (Å²) in [7, 11) is 0. The Hall–Kier alpha value is -2.66. The lowest BCUT2D eigenvalue weighted by atomic mass is 9.95. The maximum absolute atomic E-state index is 5.93. The zero-order valence-corrected chi connectivity index (χ0v) is 17.1. The molecule has 1 unspecified atom stereocenters. The molecular formula is C24H30N4O. The molecule has 5 nitrogen and oxygen atoms in total. The summed E-state index contributed by atoms with van der Waals surface area (Å²) in [5.74, 6) is 0.869. The van der Waals surface area contributed by atoms with E-state index in [1.807, 2.05) is 36.5 Å². The third-order valence-electron chi connectivity index (χ3n) is 5.73. The molecule has 152 valence electrons. The summed E-state index contributed by atoms with van der Waals surface area (Å²) in [4.78, 5) is 4.31. The molecule has 1 atom stereocenters. The molecule has 0 spiro atoms. The van der Waals surface area contributed by atoms with Crippen LogP contribution in [0.5, 0.6) is 5.75 Å². The van der Waals surface area contributed by atoms with Gasteiger partial charge < -0.3 is 10.1 Å². The predicted octanol–water partition coefficient (Wildman–Crippen LogP) is 5.21. The van der Waals surface area contributed by atoms with E-state index in [1.165, 1.54) is 43.4 Å². The van der Waals surface area contributed by atoms with Crippen molar-refractivity contribution in [3.63, 3.8) is 0 Å². The second-order valence-corrected chi connectivity index (χ2v) is 7.84. The molecule has 1 aromatic carbocycles. The summed E-state index contributed by atoms with van der Waals surface area (Å²) < 4.78 is 8.17. The van der Waals surface area contributed by atoms with Crippen LogP contribution in [0.15, 0.2) is 60.9 Å². The van der Waals surface area contributed by atoms with E-state index in [9.17, 15) is 0 Å². The van der Waals surface area contributed by atoms with Gasteiger partial charge in [-0.3, -0.25) is 9.67 Å². The lowest BCUT2D eigenvalue weighted by Gasteiger charge is -2.24. The van der Waals surface area contributed by atoms with Crippen LogP contribution in [0, 0.1) is 0 Å². The Balaban J connectivity index is 1.34. The minimum Gasteiger partial charge on any atom is -0.487 e. The highest BCUT2D eigenvalue weighted by Crippen LogP contribution is 2.28. The van der Waals surface area contributed by atoms with E-state index in [4.69, 9.17) is 4.74 Å². The van der Waals surface area contributed by atoms with Gasteiger partial charge in [-0.2, -0.15) is 5.10 Å². The number of ether oxygens (including phenoxy) is 1. The zero-order chi connectivity index (χ0) is 19.9. The molecule has 0 bridgehead atoms. The van der Waals surface area contributed by atoms with Gasteiger partial charge in [-0.25, -0.2) is 0 Å². The Morgan fingerprint density at radius 3 is 2.79 bits per heavy atom. The highest BCUT2D eigenvalue weighted by atomic mass is 16.5. The van der Waals surface area contributed by atoms with Crippen molar-refractivity contribution < 1.29 is 4.74 Å². The van der Waals surface area contributed by atoms with Gasteiger partial charge in [0.25, 0.3) is 0 Å². The number of hydrogen-bond donors (Lipinski definition) is 1. The van der Waals surface area contributed by atoms with E-state index in [1.54, 1.807) is 6.20 Å². The zero-order valence-electron chi connectivity index (χ0n) is 17.1. The van der Waals surface area contributed by atoms with Gasteiger partial charge in [-0.15, -0.1) is 0 Å². The first kappa shape index (κ1) is 19.6. The fourth-order valence-electron chi connectivity index (χ4n) is 4.03. The highest BCUT2D eigenvalue weighted by molar-refractivity contribution is 5.30. The maximum atomic E-state index is 5.93.